The zero-order chi connectivity index (χ0) is 20.8. The Kier molecular flexibility index (Phi) is 12.1. The number of aliphatic hydroxyl groups is 1. The molecule has 0 unspecified atom stereocenters. The highest BCUT2D eigenvalue weighted by Crippen LogP contribution is 2.18. The number of methoxy groups -OCH3 is 1. The highest BCUT2D eigenvalue weighted by Gasteiger charge is 2.11. The molecule has 0 aliphatic carbocycles. The molecule has 0 radical (unpaired) electrons. The lowest BCUT2D eigenvalue weighted by molar-refractivity contribution is -0.136. The van der Waals surface area contributed by atoms with Crippen LogP contribution in [0.3, 0.4) is 0 Å². The van der Waals surface area contributed by atoms with Crippen LogP contribution in [-0.4, -0.2) is 80.0 Å². The maximum Gasteiger partial charge on any atom is 0.312 e. The third-order valence-electron chi connectivity index (χ3n) is 4.17. The van der Waals surface area contributed by atoms with Gasteiger partial charge in [0.05, 0.1) is 26.2 Å². The third kappa shape index (κ3) is 9.80. The van der Waals surface area contributed by atoms with Crippen molar-refractivity contribution in [1.29, 1.82) is 0 Å². The van der Waals surface area contributed by atoms with Gasteiger partial charge >= 0.3 is 11.9 Å². The summed E-state index contributed by atoms with van der Waals surface area (Å²) in [5.41, 5.74) is 0. The molecule has 0 heterocycles. The van der Waals surface area contributed by atoms with E-state index in [0.29, 0.717) is 37.9 Å². The van der Waals surface area contributed by atoms with Gasteiger partial charge in [-0.05, 0) is 37.4 Å². The summed E-state index contributed by atoms with van der Waals surface area (Å²) in [7, 11) is 1.62. The SMILES string of the molecule is CCN(CCO)CCC(=O)Oc1ccc(OC(=O)CCN(CC)COC)cc1. The van der Waals surface area contributed by atoms with Crippen LogP contribution in [0.2, 0.25) is 0 Å². The average molecular weight is 396 g/mol. The Labute approximate surface area is 167 Å². The normalized spacial score (nSPS) is 11.1. The Hall–Kier alpha value is -2.00. The van der Waals surface area contributed by atoms with Crippen LogP contribution in [0.4, 0.5) is 0 Å². The second-order valence-corrected chi connectivity index (χ2v) is 6.21. The van der Waals surface area contributed by atoms with Crippen LogP contribution < -0.4 is 9.47 Å². The van der Waals surface area contributed by atoms with Crippen molar-refractivity contribution in [2.45, 2.75) is 26.7 Å². The van der Waals surface area contributed by atoms with Crippen LogP contribution in [0.15, 0.2) is 24.3 Å². The second-order valence-electron chi connectivity index (χ2n) is 6.21. The molecule has 0 amide bonds. The molecule has 0 aromatic heterocycles. The standard InChI is InChI=1S/C20H32N2O6/c1-4-21(14-15-23)12-10-19(24)27-17-6-8-18(9-7-17)28-20(25)11-13-22(5-2)16-26-3/h6-9,23H,4-5,10-16H2,1-3H3. The van der Waals surface area contributed by atoms with Gasteiger partial charge in [0, 0.05) is 26.7 Å². The van der Waals surface area contributed by atoms with Crippen molar-refractivity contribution in [2.75, 3.05) is 53.2 Å². The quantitative estimate of drug-likeness (QED) is 0.288. The van der Waals surface area contributed by atoms with E-state index in [9.17, 15) is 9.59 Å². The van der Waals surface area contributed by atoms with Crippen molar-refractivity contribution in [3.8, 4) is 11.5 Å². The molecular weight excluding hydrogens is 364 g/mol. The van der Waals surface area contributed by atoms with Gasteiger partial charge in [-0.3, -0.25) is 14.5 Å². The van der Waals surface area contributed by atoms with Crippen molar-refractivity contribution in [3.05, 3.63) is 24.3 Å². The Morgan fingerprint density at radius 1 is 0.857 bits per heavy atom. The summed E-state index contributed by atoms with van der Waals surface area (Å²) in [6, 6.07) is 6.37. The largest absolute Gasteiger partial charge is 0.426 e. The van der Waals surface area contributed by atoms with Gasteiger partial charge < -0.3 is 24.2 Å². The molecule has 0 aliphatic heterocycles. The number of likely N-dealkylation sites (N-methyl/N-ethyl adjacent to an activating group) is 1. The van der Waals surface area contributed by atoms with Gasteiger partial charge in [0.15, 0.2) is 0 Å². The summed E-state index contributed by atoms with van der Waals surface area (Å²) in [5, 5.41) is 8.95. The Morgan fingerprint density at radius 3 is 1.71 bits per heavy atom. The minimum Gasteiger partial charge on any atom is -0.426 e. The number of hydrogen-bond acceptors (Lipinski definition) is 8. The number of carbonyl (C=O) groups is 2. The number of hydrogen-bond donors (Lipinski definition) is 1. The first-order valence-corrected chi connectivity index (χ1v) is 9.58. The van der Waals surface area contributed by atoms with Gasteiger partial charge in [0.25, 0.3) is 0 Å². The first-order valence-electron chi connectivity index (χ1n) is 9.58. The van der Waals surface area contributed by atoms with Crippen molar-refractivity contribution in [1.82, 2.24) is 9.80 Å². The topological polar surface area (TPSA) is 88.5 Å². The summed E-state index contributed by atoms with van der Waals surface area (Å²) in [4.78, 5) is 27.8. The number of nitrogens with zero attached hydrogens (tertiary/aromatic N) is 2. The molecule has 0 saturated heterocycles. The monoisotopic (exact) mass is 396 g/mol. The lowest BCUT2D eigenvalue weighted by Crippen LogP contribution is -2.29. The van der Waals surface area contributed by atoms with Crippen molar-refractivity contribution >= 4 is 11.9 Å². The van der Waals surface area contributed by atoms with E-state index >= 15 is 0 Å². The van der Waals surface area contributed by atoms with Crippen LogP contribution in [0.1, 0.15) is 26.7 Å². The summed E-state index contributed by atoms with van der Waals surface area (Å²) < 4.78 is 15.6. The van der Waals surface area contributed by atoms with Crippen LogP contribution in [0, 0.1) is 0 Å². The fraction of sp³-hybridized carbons (Fsp3) is 0.600. The fourth-order valence-corrected chi connectivity index (χ4v) is 2.51. The molecule has 1 N–H and O–H groups in total. The number of carbonyl (C=O) groups excluding carboxylic acids is 2. The molecule has 1 aromatic carbocycles. The number of esters is 2. The minimum atomic E-state index is -0.348. The maximum atomic E-state index is 11.9. The maximum absolute atomic E-state index is 11.9. The third-order valence-corrected chi connectivity index (χ3v) is 4.17. The zero-order valence-electron chi connectivity index (χ0n) is 17.1. The lowest BCUT2D eigenvalue weighted by atomic mass is 10.3. The fourth-order valence-electron chi connectivity index (χ4n) is 2.51. The van der Waals surface area contributed by atoms with Crippen LogP contribution in [0.5, 0.6) is 11.5 Å². The Bertz CT molecular complexity index is 528. The highest BCUT2D eigenvalue weighted by atomic mass is 16.5. The molecule has 8 heteroatoms. The molecule has 158 valence electrons. The highest BCUT2D eigenvalue weighted by molar-refractivity contribution is 5.73. The van der Waals surface area contributed by atoms with Gasteiger partial charge in [0.2, 0.25) is 0 Å². The number of aliphatic hydroxyl groups excluding tert-OH is 1. The van der Waals surface area contributed by atoms with Gasteiger partial charge in [0.1, 0.15) is 11.5 Å². The van der Waals surface area contributed by atoms with E-state index in [4.69, 9.17) is 19.3 Å². The van der Waals surface area contributed by atoms with Crippen LogP contribution >= 0.6 is 0 Å². The molecule has 1 rings (SSSR count). The first kappa shape index (κ1) is 24.0. The molecule has 0 spiro atoms. The van der Waals surface area contributed by atoms with E-state index in [1.807, 2.05) is 23.6 Å². The van der Waals surface area contributed by atoms with E-state index in [1.165, 1.54) is 0 Å². The van der Waals surface area contributed by atoms with E-state index in [0.717, 1.165) is 13.1 Å². The van der Waals surface area contributed by atoms with E-state index in [1.54, 1.807) is 31.4 Å². The molecule has 0 fully saturated rings. The lowest BCUT2D eigenvalue weighted by Gasteiger charge is -2.18. The Morgan fingerprint density at radius 2 is 1.32 bits per heavy atom. The number of ether oxygens (including phenoxy) is 3. The first-order chi connectivity index (χ1) is 13.5. The van der Waals surface area contributed by atoms with Gasteiger partial charge in [-0.2, -0.15) is 0 Å². The van der Waals surface area contributed by atoms with E-state index in [-0.39, 0.29) is 31.4 Å². The zero-order valence-corrected chi connectivity index (χ0v) is 17.1. The summed E-state index contributed by atoms with van der Waals surface area (Å²) >= 11 is 0. The van der Waals surface area contributed by atoms with Gasteiger partial charge in [-0.15, -0.1) is 0 Å². The molecule has 0 bridgehead atoms. The summed E-state index contributed by atoms with van der Waals surface area (Å²) in [6.07, 6.45) is 0.496. The van der Waals surface area contributed by atoms with Crippen molar-refractivity contribution in [3.63, 3.8) is 0 Å². The van der Waals surface area contributed by atoms with Crippen molar-refractivity contribution < 1.29 is 28.9 Å². The molecular formula is C20H32N2O6. The second kappa shape index (κ2) is 14.1. The summed E-state index contributed by atoms with van der Waals surface area (Å²) in [5.74, 6) is 0.119. The summed E-state index contributed by atoms with van der Waals surface area (Å²) in [6.45, 7) is 7.67. The molecule has 0 aliphatic rings. The predicted octanol–water partition coefficient (Wildman–Crippen LogP) is 1.52. The molecule has 0 atom stereocenters. The van der Waals surface area contributed by atoms with E-state index in [2.05, 4.69) is 0 Å². The predicted molar refractivity (Wildman–Crippen MR) is 105 cm³/mol. The van der Waals surface area contributed by atoms with Crippen LogP contribution in [-0.2, 0) is 14.3 Å². The number of benzene rings is 1. The van der Waals surface area contributed by atoms with E-state index < -0.39 is 0 Å². The number of rotatable bonds is 14. The van der Waals surface area contributed by atoms with Gasteiger partial charge in [-0.25, -0.2) is 0 Å². The molecule has 1 aromatic rings. The molecule has 28 heavy (non-hydrogen) atoms. The smallest absolute Gasteiger partial charge is 0.312 e. The van der Waals surface area contributed by atoms with Crippen molar-refractivity contribution in [2.24, 2.45) is 0 Å². The average Bonchev–Trinajstić information content (AvgIpc) is 2.69. The minimum absolute atomic E-state index is 0.0614. The molecule has 0 saturated carbocycles. The van der Waals surface area contributed by atoms with Crippen LogP contribution in [0.25, 0.3) is 0 Å². The molecule has 8 nitrogen and oxygen atoms in total. The Balaban J connectivity index is 2.40. The van der Waals surface area contributed by atoms with Gasteiger partial charge in [-0.1, -0.05) is 13.8 Å².